The van der Waals surface area contributed by atoms with Gasteiger partial charge in [0.25, 0.3) is 0 Å². The van der Waals surface area contributed by atoms with Gasteiger partial charge in [-0.15, -0.1) is 0 Å². The Kier molecular flexibility index (Phi) is 4.66. The van der Waals surface area contributed by atoms with Crippen molar-refractivity contribution in [3.8, 4) is 5.75 Å². The molecule has 0 saturated carbocycles. The van der Waals surface area contributed by atoms with Crippen LogP contribution in [0.1, 0.15) is 18.5 Å². The second kappa shape index (κ2) is 6.00. The second-order valence-corrected chi connectivity index (χ2v) is 3.35. The number of aliphatic carboxylic acids is 1. The number of hydrogen-bond acceptors (Lipinski definition) is 3. The first-order valence-corrected chi connectivity index (χ1v) is 5.13. The van der Waals surface area contributed by atoms with Crippen LogP contribution in [0.2, 0.25) is 0 Å². The maximum absolute atomic E-state index is 13.5. The van der Waals surface area contributed by atoms with Gasteiger partial charge in [-0.2, -0.15) is 0 Å². The van der Waals surface area contributed by atoms with Crippen LogP contribution in [-0.4, -0.2) is 17.7 Å². The lowest BCUT2D eigenvalue weighted by Gasteiger charge is -2.09. The highest BCUT2D eigenvalue weighted by Gasteiger charge is 2.08. The fraction of sp³-hybridized carbons (Fsp3) is 0.250. The van der Waals surface area contributed by atoms with Gasteiger partial charge in [-0.05, 0) is 24.6 Å². The summed E-state index contributed by atoms with van der Waals surface area (Å²) >= 11 is 0. The van der Waals surface area contributed by atoms with E-state index in [4.69, 9.17) is 15.6 Å². The summed E-state index contributed by atoms with van der Waals surface area (Å²) in [6.07, 6.45) is 2.22. The van der Waals surface area contributed by atoms with E-state index < -0.39 is 17.8 Å². The molecule has 0 heterocycles. The molecule has 0 aliphatic rings. The molecule has 0 fully saturated rings. The van der Waals surface area contributed by atoms with Crippen molar-refractivity contribution in [2.24, 2.45) is 5.73 Å². The molecule has 0 aromatic heterocycles. The van der Waals surface area contributed by atoms with E-state index >= 15 is 0 Å². The molecule has 92 valence electrons. The highest BCUT2D eigenvalue weighted by atomic mass is 19.1. The quantitative estimate of drug-likeness (QED) is 0.769. The van der Waals surface area contributed by atoms with E-state index in [0.29, 0.717) is 12.2 Å². The van der Waals surface area contributed by atoms with E-state index in [1.807, 2.05) is 0 Å². The summed E-state index contributed by atoms with van der Waals surface area (Å²) in [5.74, 6) is -1.44. The van der Waals surface area contributed by atoms with E-state index in [-0.39, 0.29) is 5.75 Å². The molecular weight excluding hydrogens is 225 g/mol. The zero-order chi connectivity index (χ0) is 12.8. The van der Waals surface area contributed by atoms with E-state index in [0.717, 1.165) is 6.08 Å². The van der Waals surface area contributed by atoms with Gasteiger partial charge in [0.15, 0.2) is 11.6 Å². The smallest absolute Gasteiger partial charge is 0.328 e. The summed E-state index contributed by atoms with van der Waals surface area (Å²) in [5, 5.41) is 8.44. The molecule has 0 saturated heterocycles. The lowest BCUT2D eigenvalue weighted by molar-refractivity contribution is -0.131. The highest BCUT2D eigenvalue weighted by Crippen LogP contribution is 2.21. The maximum Gasteiger partial charge on any atom is 0.328 e. The third-order valence-electron chi connectivity index (χ3n) is 2.09. The number of ether oxygens (including phenoxy) is 1. The normalized spacial score (nSPS) is 12.6. The largest absolute Gasteiger partial charge is 0.491 e. The van der Waals surface area contributed by atoms with Crippen molar-refractivity contribution in [2.45, 2.75) is 13.0 Å². The van der Waals surface area contributed by atoms with E-state index in [1.54, 1.807) is 13.0 Å². The van der Waals surface area contributed by atoms with E-state index in [9.17, 15) is 9.18 Å². The predicted molar refractivity (Wildman–Crippen MR) is 61.3 cm³/mol. The predicted octanol–water partition coefficient (Wildman–Crippen LogP) is 1.86. The van der Waals surface area contributed by atoms with Gasteiger partial charge in [0, 0.05) is 12.1 Å². The second-order valence-electron chi connectivity index (χ2n) is 3.35. The maximum atomic E-state index is 13.5. The lowest BCUT2D eigenvalue weighted by atomic mass is 10.1. The van der Waals surface area contributed by atoms with Crippen LogP contribution in [0.3, 0.4) is 0 Å². The van der Waals surface area contributed by atoms with Crippen LogP contribution >= 0.6 is 0 Å². The first-order chi connectivity index (χ1) is 8.04. The third-order valence-corrected chi connectivity index (χ3v) is 2.09. The average Bonchev–Trinajstić information content (AvgIpc) is 2.28. The fourth-order valence-corrected chi connectivity index (χ4v) is 1.29. The van der Waals surface area contributed by atoms with Crippen molar-refractivity contribution in [3.05, 3.63) is 41.7 Å². The van der Waals surface area contributed by atoms with Gasteiger partial charge in [-0.3, -0.25) is 0 Å². The molecule has 0 spiro atoms. The number of rotatable bonds is 5. The molecule has 1 aromatic carbocycles. The van der Waals surface area contributed by atoms with Gasteiger partial charge >= 0.3 is 5.97 Å². The van der Waals surface area contributed by atoms with Crippen molar-refractivity contribution in [3.63, 3.8) is 0 Å². The Labute approximate surface area is 98.5 Å². The Bertz CT molecular complexity index is 432. The summed E-state index contributed by atoms with van der Waals surface area (Å²) in [6, 6.07) is 3.66. The van der Waals surface area contributed by atoms with Gasteiger partial charge in [0.2, 0.25) is 0 Å². The number of carboxylic acids is 1. The zero-order valence-corrected chi connectivity index (χ0v) is 9.39. The van der Waals surface area contributed by atoms with Crippen molar-refractivity contribution in [1.29, 1.82) is 0 Å². The molecule has 5 heteroatoms. The minimum atomic E-state index is -1.09. The molecule has 3 N–H and O–H groups in total. The van der Waals surface area contributed by atoms with Crippen molar-refractivity contribution in [1.82, 2.24) is 0 Å². The lowest BCUT2D eigenvalue weighted by Crippen LogP contribution is -2.08. The topological polar surface area (TPSA) is 72.5 Å². The van der Waals surface area contributed by atoms with Crippen LogP contribution in [0.5, 0.6) is 5.75 Å². The Morgan fingerprint density at radius 3 is 2.88 bits per heavy atom. The van der Waals surface area contributed by atoms with E-state index in [2.05, 4.69) is 0 Å². The number of carbonyl (C=O) groups is 1. The molecule has 17 heavy (non-hydrogen) atoms. The van der Waals surface area contributed by atoms with Gasteiger partial charge in [-0.1, -0.05) is 12.1 Å². The Hall–Kier alpha value is -1.88. The van der Waals surface area contributed by atoms with Gasteiger partial charge in [0.1, 0.15) is 0 Å². The monoisotopic (exact) mass is 239 g/mol. The van der Waals surface area contributed by atoms with Crippen LogP contribution < -0.4 is 10.5 Å². The van der Waals surface area contributed by atoms with Crippen LogP contribution in [0.15, 0.2) is 30.4 Å². The van der Waals surface area contributed by atoms with Crippen molar-refractivity contribution >= 4 is 5.97 Å². The number of benzene rings is 1. The summed E-state index contributed by atoms with van der Waals surface area (Å²) in [4.78, 5) is 10.3. The third kappa shape index (κ3) is 3.88. The molecule has 1 atom stereocenters. The molecule has 1 aromatic rings. The summed E-state index contributed by atoms with van der Waals surface area (Å²) in [7, 11) is 0. The minimum Gasteiger partial charge on any atom is -0.491 e. The number of carboxylic acid groups (broad SMARTS) is 1. The molecule has 0 radical (unpaired) electrons. The molecule has 4 nitrogen and oxygen atoms in total. The summed E-state index contributed by atoms with van der Waals surface area (Å²) < 4.78 is 18.5. The SMILES string of the molecule is CCOc1ccc(C(N)/C=C/C(=O)O)cc1F. The van der Waals surface area contributed by atoms with Crippen molar-refractivity contribution in [2.75, 3.05) is 6.61 Å². The van der Waals surface area contributed by atoms with Crippen molar-refractivity contribution < 1.29 is 19.0 Å². The molecule has 0 aliphatic carbocycles. The number of nitrogens with two attached hydrogens (primary N) is 1. The van der Waals surface area contributed by atoms with Gasteiger partial charge < -0.3 is 15.6 Å². The Morgan fingerprint density at radius 1 is 1.65 bits per heavy atom. The minimum absolute atomic E-state index is 0.158. The number of hydrogen-bond donors (Lipinski definition) is 2. The Balaban J connectivity index is 2.85. The van der Waals surface area contributed by atoms with E-state index in [1.165, 1.54) is 18.2 Å². The molecule has 1 unspecified atom stereocenters. The van der Waals surface area contributed by atoms with Crippen LogP contribution in [0, 0.1) is 5.82 Å². The molecule has 0 aliphatic heterocycles. The van der Waals surface area contributed by atoms with Crippen LogP contribution in [0.25, 0.3) is 0 Å². The molecule has 0 bridgehead atoms. The summed E-state index contributed by atoms with van der Waals surface area (Å²) in [6.45, 7) is 2.13. The average molecular weight is 239 g/mol. The summed E-state index contributed by atoms with van der Waals surface area (Å²) in [5.41, 5.74) is 6.17. The van der Waals surface area contributed by atoms with Crippen LogP contribution in [0.4, 0.5) is 4.39 Å². The molecule has 0 amide bonds. The Morgan fingerprint density at radius 2 is 2.35 bits per heavy atom. The van der Waals surface area contributed by atoms with Gasteiger partial charge in [-0.25, -0.2) is 9.18 Å². The molecular formula is C12H14FNO3. The first-order valence-electron chi connectivity index (χ1n) is 5.13. The van der Waals surface area contributed by atoms with Crippen LogP contribution in [-0.2, 0) is 4.79 Å². The standard InChI is InChI=1S/C12H14FNO3/c1-2-17-11-5-3-8(7-9(11)13)10(14)4-6-12(15)16/h3-7,10H,2,14H2,1H3,(H,15,16)/b6-4+. The highest BCUT2D eigenvalue weighted by molar-refractivity contribution is 5.79. The first kappa shape index (κ1) is 13.2. The molecule has 1 rings (SSSR count). The number of halogens is 1. The fourth-order valence-electron chi connectivity index (χ4n) is 1.29. The zero-order valence-electron chi connectivity index (χ0n) is 9.39. The van der Waals surface area contributed by atoms with Gasteiger partial charge in [0.05, 0.1) is 6.61 Å².